The lowest BCUT2D eigenvalue weighted by atomic mass is 9.81. The number of allylic oxidation sites excluding steroid dienone is 1. The first kappa shape index (κ1) is 26.2. The first-order chi connectivity index (χ1) is 15.4. The third kappa shape index (κ3) is 7.83. The molecule has 0 aromatic carbocycles. The van der Waals surface area contributed by atoms with Gasteiger partial charge in [0.25, 0.3) is 0 Å². The van der Waals surface area contributed by atoms with Gasteiger partial charge in [0, 0.05) is 38.6 Å². The number of aliphatic hydroxyl groups excluding tert-OH is 1. The highest BCUT2D eigenvalue weighted by molar-refractivity contribution is 5.95. The van der Waals surface area contributed by atoms with Gasteiger partial charge in [-0.3, -0.25) is 4.99 Å². The summed E-state index contributed by atoms with van der Waals surface area (Å²) in [5.41, 5.74) is 2.43. The molecule has 0 unspecified atom stereocenters. The zero-order valence-electron chi connectivity index (χ0n) is 20.1. The quantitative estimate of drug-likeness (QED) is 0.337. The molecular formula is C24H40N4O4. The van der Waals surface area contributed by atoms with Crippen LogP contribution in [0, 0.1) is 5.92 Å². The van der Waals surface area contributed by atoms with Crippen molar-refractivity contribution in [2.75, 3.05) is 34.0 Å². The highest BCUT2D eigenvalue weighted by Crippen LogP contribution is 2.35. The van der Waals surface area contributed by atoms with Crippen LogP contribution in [0.3, 0.4) is 0 Å². The lowest BCUT2D eigenvalue weighted by molar-refractivity contribution is 0.0204. The maximum absolute atomic E-state index is 9.93. The van der Waals surface area contributed by atoms with Crippen molar-refractivity contribution in [2.45, 2.75) is 70.6 Å². The normalized spacial score (nSPS) is 25.0. The summed E-state index contributed by atoms with van der Waals surface area (Å²) in [6, 6.07) is 0.0155. The Bertz CT molecular complexity index is 718. The maximum Gasteiger partial charge on any atom is 0.222 e. The molecule has 1 saturated heterocycles. The predicted molar refractivity (Wildman–Crippen MR) is 130 cm³/mol. The van der Waals surface area contributed by atoms with Gasteiger partial charge in [0.05, 0.1) is 31.6 Å². The first-order valence-electron chi connectivity index (χ1n) is 11.5. The van der Waals surface area contributed by atoms with Crippen molar-refractivity contribution in [3.63, 3.8) is 0 Å². The van der Waals surface area contributed by atoms with E-state index in [0.29, 0.717) is 37.4 Å². The van der Waals surface area contributed by atoms with Gasteiger partial charge < -0.3 is 24.6 Å². The SMILES string of the molecule is C=N\C(=N/C(=C(C)/C(=N\C)OC1CCOCC1)C(=C)[C@H]1CC[C@H](O)CC1)N[C@H](C)COC. The highest BCUT2D eigenvalue weighted by atomic mass is 16.5. The topological polar surface area (TPSA) is 97.0 Å². The number of nitrogens with zero attached hydrogens (tertiary/aromatic N) is 3. The van der Waals surface area contributed by atoms with Crippen molar-refractivity contribution in [2.24, 2.45) is 20.9 Å². The Hall–Kier alpha value is -2.03. The second-order valence-electron chi connectivity index (χ2n) is 8.56. The van der Waals surface area contributed by atoms with Crippen molar-refractivity contribution in [3.05, 3.63) is 23.4 Å². The van der Waals surface area contributed by atoms with E-state index in [-0.39, 0.29) is 24.2 Å². The number of ether oxygens (including phenoxy) is 3. The summed E-state index contributed by atoms with van der Waals surface area (Å²) in [6.45, 7) is 13.9. The molecule has 1 atom stereocenters. The van der Waals surface area contributed by atoms with E-state index in [1.54, 1.807) is 14.2 Å². The number of hydrogen-bond acceptors (Lipinski definition) is 6. The van der Waals surface area contributed by atoms with Crippen molar-refractivity contribution in [3.8, 4) is 0 Å². The van der Waals surface area contributed by atoms with Crippen LogP contribution in [-0.2, 0) is 14.2 Å². The minimum atomic E-state index is -0.234. The van der Waals surface area contributed by atoms with E-state index in [0.717, 1.165) is 49.7 Å². The zero-order chi connectivity index (χ0) is 23.5. The summed E-state index contributed by atoms with van der Waals surface area (Å²) in [5.74, 6) is 1.19. The summed E-state index contributed by atoms with van der Waals surface area (Å²) in [6.07, 6.45) is 4.78. The standard InChI is InChI=1S/C24H40N4O4/c1-16(15-30-6)27-24(26-5)28-22(17(2)19-7-9-20(29)10-8-19)18(3)23(25-4)32-21-11-13-31-14-12-21/h16,19-21,29H,2,5,7-15H2,1,3-4,6H3,(H,27,28)/b22-18+,25-23+/t16-,19-,20-/m1/s1. The summed E-state index contributed by atoms with van der Waals surface area (Å²) in [5, 5.41) is 13.2. The van der Waals surface area contributed by atoms with Gasteiger partial charge in [0.1, 0.15) is 6.10 Å². The van der Waals surface area contributed by atoms with Crippen LogP contribution in [-0.4, -0.2) is 75.9 Å². The smallest absolute Gasteiger partial charge is 0.222 e. The predicted octanol–water partition coefficient (Wildman–Crippen LogP) is 3.27. The largest absolute Gasteiger partial charge is 0.474 e. The van der Waals surface area contributed by atoms with Crippen LogP contribution in [0.15, 0.2) is 38.4 Å². The molecule has 2 rings (SSSR count). The molecule has 0 aromatic heterocycles. The molecule has 2 N–H and O–H groups in total. The highest BCUT2D eigenvalue weighted by Gasteiger charge is 2.26. The van der Waals surface area contributed by atoms with Crippen LogP contribution >= 0.6 is 0 Å². The number of rotatable bonds is 8. The summed E-state index contributed by atoms with van der Waals surface area (Å²) in [4.78, 5) is 13.3. The molecule has 0 radical (unpaired) electrons. The van der Waals surface area contributed by atoms with E-state index >= 15 is 0 Å². The van der Waals surface area contributed by atoms with Gasteiger partial charge in [0.2, 0.25) is 11.9 Å². The van der Waals surface area contributed by atoms with Gasteiger partial charge in [-0.05, 0) is 57.7 Å². The summed E-state index contributed by atoms with van der Waals surface area (Å²) in [7, 11) is 3.38. The van der Waals surface area contributed by atoms with Gasteiger partial charge in [-0.1, -0.05) is 6.58 Å². The van der Waals surface area contributed by atoms with E-state index in [9.17, 15) is 5.11 Å². The Morgan fingerprint density at radius 1 is 1.19 bits per heavy atom. The van der Waals surface area contributed by atoms with E-state index in [4.69, 9.17) is 19.2 Å². The molecule has 1 heterocycles. The minimum absolute atomic E-state index is 0.0155. The molecule has 32 heavy (non-hydrogen) atoms. The molecule has 8 nitrogen and oxygen atoms in total. The van der Waals surface area contributed by atoms with Gasteiger partial charge in [-0.25, -0.2) is 9.98 Å². The van der Waals surface area contributed by atoms with Gasteiger partial charge in [-0.2, -0.15) is 0 Å². The molecule has 0 amide bonds. The molecule has 180 valence electrons. The summed E-state index contributed by atoms with van der Waals surface area (Å²) < 4.78 is 16.9. The fourth-order valence-corrected chi connectivity index (χ4v) is 4.11. The fraction of sp³-hybridized carbons (Fsp3) is 0.708. The molecular weight excluding hydrogens is 408 g/mol. The number of aliphatic imine (C=N–C) groups is 3. The molecule has 1 aliphatic carbocycles. The first-order valence-corrected chi connectivity index (χ1v) is 11.5. The zero-order valence-corrected chi connectivity index (χ0v) is 20.1. The van der Waals surface area contributed by atoms with E-state index in [1.165, 1.54) is 0 Å². The molecule has 1 aliphatic heterocycles. The van der Waals surface area contributed by atoms with Crippen LogP contribution < -0.4 is 5.32 Å². The maximum atomic E-state index is 9.93. The average molecular weight is 449 g/mol. The molecule has 1 saturated carbocycles. The number of aliphatic hydroxyl groups is 1. The number of methoxy groups -OCH3 is 1. The lowest BCUT2D eigenvalue weighted by Crippen LogP contribution is -2.35. The second kappa shape index (κ2) is 13.5. The van der Waals surface area contributed by atoms with E-state index < -0.39 is 0 Å². The van der Waals surface area contributed by atoms with Crippen LogP contribution in [0.5, 0.6) is 0 Å². The van der Waals surface area contributed by atoms with Gasteiger partial charge in [-0.15, -0.1) is 0 Å². The van der Waals surface area contributed by atoms with Gasteiger partial charge >= 0.3 is 0 Å². The van der Waals surface area contributed by atoms with E-state index in [1.807, 2.05) is 13.8 Å². The molecule has 2 fully saturated rings. The lowest BCUT2D eigenvalue weighted by Gasteiger charge is -2.29. The average Bonchev–Trinajstić information content (AvgIpc) is 2.80. The van der Waals surface area contributed by atoms with Crippen molar-refractivity contribution in [1.82, 2.24) is 5.32 Å². The fourth-order valence-electron chi connectivity index (χ4n) is 4.11. The molecule has 8 heteroatoms. The Kier molecular flexibility index (Phi) is 11.1. The number of guanidine groups is 1. The van der Waals surface area contributed by atoms with Crippen LogP contribution in [0.1, 0.15) is 52.4 Å². The Morgan fingerprint density at radius 2 is 1.84 bits per heavy atom. The minimum Gasteiger partial charge on any atom is -0.474 e. The summed E-state index contributed by atoms with van der Waals surface area (Å²) >= 11 is 0. The van der Waals surface area contributed by atoms with Crippen LogP contribution in [0.25, 0.3) is 0 Å². The second-order valence-corrected chi connectivity index (χ2v) is 8.56. The molecule has 0 aromatic rings. The van der Waals surface area contributed by atoms with Crippen molar-refractivity contribution < 1.29 is 19.3 Å². The molecule has 0 spiro atoms. The number of hydrogen-bond donors (Lipinski definition) is 2. The number of nitrogens with one attached hydrogen (secondary N) is 1. The van der Waals surface area contributed by atoms with Crippen molar-refractivity contribution >= 4 is 18.6 Å². The Balaban J connectivity index is 2.36. The molecule has 2 aliphatic rings. The Morgan fingerprint density at radius 3 is 2.41 bits per heavy atom. The van der Waals surface area contributed by atoms with Gasteiger partial charge in [0.15, 0.2) is 0 Å². The van der Waals surface area contributed by atoms with Crippen LogP contribution in [0.4, 0.5) is 0 Å². The van der Waals surface area contributed by atoms with Crippen molar-refractivity contribution in [1.29, 1.82) is 0 Å². The van der Waals surface area contributed by atoms with Crippen LogP contribution in [0.2, 0.25) is 0 Å². The monoisotopic (exact) mass is 448 g/mol. The Labute approximate surface area is 192 Å². The third-order valence-electron chi connectivity index (χ3n) is 5.98. The third-order valence-corrected chi connectivity index (χ3v) is 5.98. The molecule has 0 bridgehead atoms. The van der Waals surface area contributed by atoms with E-state index in [2.05, 4.69) is 28.6 Å².